The zero-order chi connectivity index (χ0) is 16.7. The number of piperidine rings is 1. The van der Waals surface area contributed by atoms with Crippen LogP contribution in [0.3, 0.4) is 0 Å². The summed E-state index contributed by atoms with van der Waals surface area (Å²) in [5.41, 5.74) is 5.63. The Morgan fingerprint density at radius 2 is 1.92 bits per heavy atom. The Morgan fingerprint density at radius 3 is 2.48 bits per heavy atom. The molecule has 1 aliphatic heterocycles. The Balaban J connectivity index is 0.00000288. The summed E-state index contributed by atoms with van der Waals surface area (Å²) in [5.74, 6) is 0.466. The van der Waals surface area contributed by atoms with E-state index in [1.807, 2.05) is 6.92 Å². The molecule has 3 N–H and O–H groups in total. The molecule has 5 nitrogen and oxygen atoms in total. The molecular formula is C17H28Cl2FN3O2. The number of likely N-dealkylation sites (tertiary alicyclic amines) is 1. The summed E-state index contributed by atoms with van der Waals surface area (Å²) < 4.78 is 18.4. The van der Waals surface area contributed by atoms with Gasteiger partial charge in [0, 0.05) is 38.1 Å². The van der Waals surface area contributed by atoms with Crippen molar-refractivity contribution < 1.29 is 13.9 Å². The first-order valence-corrected chi connectivity index (χ1v) is 8.18. The second-order valence-corrected chi connectivity index (χ2v) is 6.17. The second-order valence-electron chi connectivity index (χ2n) is 6.17. The Morgan fingerprint density at radius 1 is 1.32 bits per heavy atom. The van der Waals surface area contributed by atoms with Crippen molar-refractivity contribution >= 4 is 30.7 Å². The number of nitrogens with one attached hydrogen (secondary N) is 1. The summed E-state index contributed by atoms with van der Waals surface area (Å²) in [6.07, 6.45) is 2.27. The van der Waals surface area contributed by atoms with Gasteiger partial charge >= 0.3 is 0 Å². The van der Waals surface area contributed by atoms with Crippen LogP contribution < -0.4 is 15.8 Å². The fourth-order valence-electron chi connectivity index (χ4n) is 2.70. The van der Waals surface area contributed by atoms with E-state index in [0.29, 0.717) is 18.8 Å². The average molecular weight is 396 g/mol. The molecule has 0 aliphatic carbocycles. The summed E-state index contributed by atoms with van der Waals surface area (Å²) in [6.45, 7) is 5.13. The van der Waals surface area contributed by atoms with E-state index in [2.05, 4.69) is 10.2 Å². The highest BCUT2D eigenvalue weighted by molar-refractivity contribution is 5.85. The van der Waals surface area contributed by atoms with Crippen molar-refractivity contribution in [2.75, 3.05) is 26.2 Å². The molecule has 1 aromatic rings. The second kappa shape index (κ2) is 12.3. The first-order chi connectivity index (χ1) is 11.0. The molecule has 1 aliphatic rings. The lowest BCUT2D eigenvalue weighted by molar-refractivity contribution is -0.122. The van der Waals surface area contributed by atoms with Gasteiger partial charge in [-0.2, -0.15) is 0 Å². The van der Waals surface area contributed by atoms with E-state index in [0.717, 1.165) is 32.5 Å². The molecule has 0 spiro atoms. The van der Waals surface area contributed by atoms with E-state index in [-0.39, 0.29) is 48.6 Å². The van der Waals surface area contributed by atoms with E-state index in [1.165, 1.54) is 12.1 Å². The molecule has 1 saturated heterocycles. The topological polar surface area (TPSA) is 67.6 Å². The summed E-state index contributed by atoms with van der Waals surface area (Å²) in [7, 11) is 0. The number of hydrogen-bond acceptors (Lipinski definition) is 4. The number of nitrogens with zero attached hydrogens (tertiary/aromatic N) is 1. The van der Waals surface area contributed by atoms with Gasteiger partial charge in [0.1, 0.15) is 18.2 Å². The number of rotatable bonds is 7. The molecule has 144 valence electrons. The van der Waals surface area contributed by atoms with Crippen molar-refractivity contribution in [3.8, 4) is 5.75 Å². The van der Waals surface area contributed by atoms with Crippen LogP contribution in [0.2, 0.25) is 0 Å². The lowest BCUT2D eigenvalue weighted by Crippen LogP contribution is -2.46. The number of carbonyl (C=O) groups excluding carboxylic acids is 1. The largest absolute Gasteiger partial charge is 0.492 e. The quantitative estimate of drug-likeness (QED) is 0.743. The molecule has 1 heterocycles. The molecule has 25 heavy (non-hydrogen) atoms. The zero-order valence-electron chi connectivity index (χ0n) is 14.4. The van der Waals surface area contributed by atoms with Gasteiger partial charge in [-0.05, 0) is 44.0 Å². The van der Waals surface area contributed by atoms with Crippen LogP contribution in [0, 0.1) is 5.82 Å². The molecule has 0 bridgehead atoms. The third kappa shape index (κ3) is 9.26. The lowest BCUT2D eigenvalue weighted by Gasteiger charge is -2.32. The van der Waals surface area contributed by atoms with E-state index in [1.54, 1.807) is 12.1 Å². The molecule has 1 fully saturated rings. The normalized spacial score (nSPS) is 16.3. The predicted octanol–water partition coefficient (Wildman–Crippen LogP) is 2.37. The Labute approximate surface area is 161 Å². The summed E-state index contributed by atoms with van der Waals surface area (Å²) in [4.78, 5) is 14.0. The van der Waals surface area contributed by atoms with Gasteiger partial charge < -0.3 is 15.8 Å². The minimum Gasteiger partial charge on any atom is -0.492 e. The highest BCUT2D eigenvalue weighted by atomic mass is 35.5. The summed E-state index contributed by atoms with van der Waals surface area (Å²) in [6, 6.07) is 6.21. The number of ether oxygens (including phenoxy) is 1. The number of hydrogen-bond donors (Lipinski definition) is 2. The van der Waals surface area contributed by atoms with Gasteiger partial charge in [-0.15, -0.1) is 24.8 Å². The molecule has 1 aromatic carbocycles. The molecule has 0 radical (unpaired) electrons. The molecular weight excluding hydrogens is 368 g/mol. The molecule has 1 atom stereocenters. The van der Waals surface area contributed by atoms with E-state index in [4.69, 9.17) is 10.5 Å². The molecule has 0 aromatic heterocycles. The van der Waals surface area contributed by atoms with Crippen molar-refractivity contribution in [3.63, 3.8) is 0 Å². The van der Waals surface area contributed by atoms with E-state index in [9.17, 15) is 9.18 Å². The predicted molar refractivity (Wildman–Crippen MR) is 102 cm³/mol. The minimum absolute atomic E-state index is 0. The summed E-state index contributed by atoms with van der Waals surface area (Å²) in [5, 5.41) is 3.05. The first-order valence-electron chi connectivity index (χ1n) is 8.18. The molecule has 2 rings (SSSR count). The maximum Gasteiger partial charge on any atom is 0.221 e. The van der Waals surface area contributed by atoms with Gasteiger partial charge in [-0.1, -0.05) is 0 Å². The number of nitrogens with two attached hydrogens (primary N) is 1. The van der Waals surface area contributed by atoms with E-state index < -0.39 is 0 Å². The molecule has 1 amide bonds. The Bertz CT molecular complexity index is 495. The van der Waals surface area contributed by atoms with Crippen LogP contribution in [0.4, 0.5) is 4.39 Å². The van der Waals surface area contributed by atoms with Crippen molar-refractivity contribution in [2.24, 2.45) is 5.73 Å². The lowest BCUT2D eigenvalue weighted by atomic mass is 10.0. The SMILES string of the molecule is CC(N)CC(=O)NC1CCN(CCOc2ccc(F)cc2)CC1.Cl.Cl. The Hall–Kier alpha value is -1.08. The highest BCUT2D eigenvalue weighted by Gasteiger charge is 2.20. The fourth-order valence-corrected chi connectivity index (χ4v) is 2.70. The van der Waals surface area contributed by atoms with Crippen LogP contribution in [-0.4, -0.2) is 49.1 Å². The van der Waals surface area contributed by atoms with Gasteiger partial charge in [0.05, 0.1) is 0 Å². The highest BCUT2D eigenvalue weighted by Crippen LogP contribution is 2.13. The number of benzene rings is 1. The van der Waals surface area contributed by atoms with Gasteiger partial charge in [-0.3, -0.25) is 9.69 Å². The molecule has 0 saturated carbocycles. The first kappa shape index (κ1) is 23.9. The van der Waals surface area contributed by atoms with Crippen LogP contribution in [0.25, 0.3) is 0 Å². The van der Waals surface area contributed by atoms with Crippen molar-refractivity contribution in [1.82, 2.24) is 10.2 Å². The fraction of sp³-hybridized carbons (Fsp3) is 0.588. The zero-order valence-corrected chi connectivity index (χ0v) is 16.1. The maximum atomic E-state index is 12.8. The maximum absolute atomic E-state index is 12.8. The van der Waals surface area contributed by atoms with Crippen LogP contribution in [0.1, 0.15) is 26.2 Å². The monoisotopic (exact) mass is 395 g/mol. The van der Waals surface area contributed by atoms with Crippen molar-refractivity contribution in [3.05, 3.63) is 30.1 Å². The number of carbonyl (C=O) groups is 1. The third-order valence-electron chi connectivity index (χ3n) is 3.95. The van der Waals surface area contributed by atoms with Gasteiger partial charge in [0.2, 0.25) is 5.91 Å². The number of halogens is 3. The van der Waals surface area contributed by atoms with Crippen LogP contribution in [0.15, 0.2) is 24.3 Å². The van der Waals surface area contributed by atoms with Gasteiger partial charge in [0.15, 0.2) is 0 Å². The van der Waals surface area contributed by atoms with Gasteiger partial charge in [0.25, 0.3) is 0 Å². The van der Waals surface area contributed by atoms with Crippen LogP contribution >= 0.6 is 24.8 Å². The Kier molecular flexibility index (Phi) is 11.8. The summed E-state index contributed by atoms with van der Waals surface area (Å²) >= 11 is 0. The third-order valence-corrected chi connectivity index (χ3v) is 3.95. The average Bonchev–Trinajstić information content (AvgIpc) is 2.50. The molecule has 8 heteroatoms. The van der Waals surface area contributed by atoms with Crippen LogP contribution in [-0.2, 0) is 4.79 Å². The smallest absolute Gasteiger partial charge is 0.221 e. The van der Waals surface area contributed by atoms with Gasteiger partial charge in [-0.25, -0.2) is 4.39 Å². The van der Waals surface area contributed by atoms with Crippen molar-refractivity contribution in [1.29, 1.82) is 0 Å². The van der Waals surface area contributed by atoms with Crippen molar-refractivity contribution in [2.45, 2.75) is 38.3 Å². The number of amides is 1. The van der Waals surface area contributed by atoms with E-state index >= 15 is 0 Å². The standard InChI is InChI=1S/C17H26FN3O2.2ClH/c1-13(19)12-17(22)20-15-6-8-21(9-7-15)10-11-23-16-4-2-14(18)3-5-16;;/h2-5,13,15H,6-12,19H2,1H3,(H,20,22);2*1H. The van der Waals surface area contributed by atoms with Crippen LogP contribution in [0.5, 0.6) is 5.75 Å². The molecule has 1 unspecified atom stereocenters. The minimum atomic E-state index is -0.259.